The van der Waals surface area contributed by atoms with Gasteiger partial charge in [-0.15, -0.1) is 0 Å². The van der Waals surface area contributed by atoms with E-state index in [1.807, 2.05) is 36.4 Å². The third-order valence-corrected chi connectivity index (χ3v) is 6.03. The molecule has 1 aromatic heterocycles. The minimum atomic E-state index is -0.184. The Morgan fingerprint density at radius 3 is 2.69 bits per heavy atom. The van der Waals surface area contributed by atoms with Crippen molar-refractivity contribution in [3.05, 3.63) is 52.3 Å². The summed E-state index contributed by atoms with van der Waals surface area (Å²) in [6.45, 7) is 5.29. The Hall–Kier alpha value is -2.54. The largest absolute Gasteiger partial charge is 0.486 e. The van der Waals surface area contributed by atoms with Crippen molar-refractivity contribution in [2.24, 2.45) is 5.92 Å². The van der Waals surface area contributed by atoms with Gasteiger partial charge in [-0.05, 0) is 35.7 Å². The highest BCUT2D eigenvalue weighted by atomic mass is 79.9. The molecule has 2 unspecified atom stereocenters. The van der Waals surface area contributed by atoms with Crippen molar-refractivity contribution < 1.29 is 14.3 Å². The van der Waals surface area contributed by atoms with Crippen LogP contribution >= 0.6 is 15.9 Å². The number of nitrogens with one attached hydrogen (secondary N) is 2. The molecule has 7 heteroatoms. The first kappa shape index (κ1) is 19.8. The second-order valence-electron chi connectivity index (χ2n) is 7.33. The van der Waals surface area contributed by atoms with Gasteiger partial charge >= 0.3 is 0 Å². The highest BCUT2D eigenvalue weighted by Crippen LogP contribution is 2.36. The summed E-state index contributed by atoms with van der Waals surface area (Å²) in [5.74, 6) is 2.34. The van der Waals surface area contributed by atoms with Gasteiger partial charge in [0.05, 0.1) is 23.5 Å². The van der Waals surface area contributed by atoms with Crippen molar-refractivity contribution in [1.29, 1.82) is 0 Å². The number of carbonyl (C=O) groups is 1. The second kappa shape index (κ2) is 8.45. The molecule has 1 amide bonds. The number of H-pyrrole nitrogens is 1. The number of aromatic amines is 1. The normalized spacial score (nSPS) is 15.1. The third-order valence-electron chi connectivity index (χ3n) is 5.29. The van der Waals surface area contributed by atoms with E-state index in [0.29, 0.717) is 24.7 Å². The van der Waals surface area contributed by atoms with Gasteiger partial charge in [-0.25, -0.2) is 4.98 Å². The van der Waals surface area contributed by atoms with E-state index in [9.17, 15) is 4.79 Å². The molecule has 29 heavy (non-hydrogen) atoms. The number of aromatic nitrogens is 2. The number of halogens is 1. The van der Waals surface area contributed by atoms with Crippen LogP contribution in [0.25, 0.3) is 11.0 Å². The molecule has 2 heterocycles. The molecule has 2 aromatic carbocycles. The number of fused-ring (bicyclic) bond motifs is 2. The molecule has 0 spiro atoms. The number of rotatable bonds is 6. The van der Waals surface area contributed by atoms with Crippen LogP contribution in [0.1, 0.15) is 37.7 Å². The maximum Gasteiger partial charge on any atom is 0.225 e. The molecule has 2 atom stereocenters. The first-order valence-corrected chi connectivity index (χ1v) is 10.7. The number of imidazole rings is 1. The Morgan fingerprint density at radius 1 is 1.24 bits per heavy atom. The van der Waals surface area contributed by atoms with Gasteiger partial charge in [0, 0.05) is 4.47 Å². The molecule has 0 aliphatic carbocycles. The fraction of sp³-hybridized carbons (Fsp3) is 0.364. The van der Waals surface area contributed by atoms with Gasteiger partial charge in [-0.2, -0.15) is 0 Å². The maximum absolute atomic E-state index is 12.9. The molecule has 1 aliphatic heterocycles. The molecule has 0 saturated carbocycles. The molecule has 0 fully saturated rings. The third kappa shape index (κ3) is 4.24. The zero-order valence-corrected chi connectivity index (χ0v) is 18.1. The molecule has 1 aliphatic rings. The number of carbonyl (C=O) groups excluding carboxylic acids is 1. The fourth-order valence-electron chi connectivity index (χ4n) is 3.47. The monoisotopic (exact) mass is 457 g/mol. The highest BCUT2D eigenvalue weighted by molar-refractivity contribution is 9.10. The molecule has 152 valence electrons. The minimum absolute atomic E-state index is 0.0619. The summed E-state index contributed by atoms with van der Waals surface area (Å²) in [7, 11) is 0. The lowest BCUT2D eigenvalue weighted by Gasteiger charge is -2.23. The average molecular weight is 458 g/mol. The van der Waals surface area contributed by atoms with Gasteiger partial charge in [-0.3, -0.25) is 4.79 Å². The van der Waals surface area contributed by atoms with Gasteiger partial charge in [0.1, 0.15) is 19.0 Å². The lowest BCUT2D eigenvalue weighted by Crippen LogP contribution is -2.34. The number of hydrogen-bond acceptors (Lipinski definition) is 4. The van der Waals surface area contributed by atoms with E-state index in [1.165, 1.54) is 0 Å². The summed E-state index contributed by atoms with van der Waals surface area (Å²) >= 11 is 3.55. The Bertz CT molecular complexity index is 1000. The molecular formula is C22H24BrN3O3. The zero-order chi connectivity index (χ0) is 20.4. The predicted octanol–water partition coefficient (Wildman–Crippen LogP) is 4.54. The minimum Gasteiger partial charge on any atom is -0.486 e. The average Bonchev–Trinajstić information content (AvgIpc) is 3.16. The number of ether oxygens (including phenoxy) is 2. The molecule has 4 rings (SSSR count). The summed E-state index contributed by atoms with van der Waals surface area (Å²) < 4.78 is 12.1. The van der Waals surface area contributed by atoms with Gasteiger partial charge in [-0.1, -0.05) is 48.3 Å². The summed E-state index contributed by atoms with van der Waals surface area (Å²) in [6, 6.07) is 11.4. The van der Waals surface area contributed by atoms with Gasteiger partial charge in [0.2, 0.25) is 5.91 Å². The van der Waals surface area contributed by atoms with E-state index in [-0.39, 0.29) is 24.3 Å². The standard InChI is InChI=1S/C22H24BrN3O3/c1-3-13(2)21(22-24-16-6-4-5-7-17(16)25-22)26-20(27)11-14-10-18-19(12-15(14)23)29-9-8-28-18/h4-7,10,12-13,21H,3,8-9,11H2,1-2H3,(H,24,25)(H,26,27). The fourth-order valence-corrected chi connectivity index (χ4v) is 3.94. The van der Waals surface area contributed by atoms with Crippen LogP contribution in [-0.2, 0) is 11.2 Å². The van der Waals surface area contributed by atoms with E-state index < -0.39 is 0 Å². The summed E-state index contributed by atoms with van der Waals surface area (Å²) in [5, 5.41) is 3.18. The maximum atomic E-state index is 12.9. The van der Waals surface area contributed by atoms with Crippen LogP contribution in [0.5, 0.6) is 11.5 Å². The molecular weight excluding hydrogens is 434 g/mol. The molecule has 0 saturated heterocycles. The Balaban J connectivity index is 1.54. The van der Waals surface area contributed by atoms with Gasteiger partial charge in [0.15, 0.2) is 11.5 Å². The Labute approximate surface area is 178 Å². The van der Waals surface area contributed by atoms with Gasteiger partial charge in [0.25, 0.3) is 0 Å². The van der Waals surface area contributed by atoms with Gasteiger partial charge < -0.3 is 19.8 Å². The van der Waals surface area contributed by atoms with E-state index in [0.717, 1.165) is 33.3 Å². The number of nitrogens with zero attached hydrogens (tertiary/aromatic N) is 1. The Kier molecular flexibility index (Phi) is 5.76. The van der Waals surface area contributed by atoms with Crippen LogP contribution in [-0.4, -0.2) is 29.1 Å². The topological polar surface area (TPSA) is 76.2 Å². The second-order valence-corrected chi connectivity index (χ2v) is 8.19. The summed E-state index contributed by atoms with van der Waals surface area (Å²) in [5.41, 5.74) is 2.73. The molecule has 0 radical (unpaired) electrons. The Morgan fingerprint density at radius 2 is 1.97 bits per heavy atom. The SMILES string of the molecule is CCC(C)C(NC(=O)Cc1cc2c(cc1Br)OCCO2)c1nc2ccccc2[nH]1. The van der Waals surface area contributed by atoms with Crippen LogP contribution < -0.4 is 14.8 Å². The van der Waals surface area contributed by atoms with Crippen LogP contribution in [0.2, 0.25) is 0 Å². The molecule has 2 N–H and O–H groups in total. The summed E-state index contributed by atoms with van der Waals surface area (Å²) in [6.07, 6.45) is 1.17. The van der Waals surface area contributed by atoms with Crippen molar-refractivity contribution in [3.63, 3.8) is 0 Å². The molecule has 6 nitrogen and oxygen atoms in total. The van der Waals surface area contributed by atoms with E-state index in [1.54, 1.807) is 0 Å². The lowest BCUT2D eigenvalue weighted by atomic mass is 9.98. The van der Waals surface area contributed by atoms with Crippen molar-refractivity contribution >= 4 is 32.9 Å². The number of benzene rings is 2. The quantitative estimate of drug-likeness (QED) is 0.569. The summed E-state index contributed by atoms with van der Waals surface area (Å²) in [4.78, 5) is 21.0. The first-order valence-electron chi connectivity index (χ1n) is 9.87. The van der Waals surface area contributed by atoms with Crippen LogP contribution in [0.15, 0.2) is 40.9 Å². The number of amides is 1. The van der Waals surface area contributed by atoms with Crippen LogP contribution in [0.3, 0.4) is 0 Å². The van der Waals surface area contributed by atoms with Crippen molar-refractivity contribution in [3.8, 4) is 11.5 Å². The van der Waals surface area contributed by atoms with Crippen LogP contribution in [0, 0.1) is 5.92 Å². The molecule has 0 bridgehead atoms. The van der Waals surface area contributed by atoms with Crippen molar-refractivity contribution in [2.45, 2.75) is 32.7 Å². The van der Waals surface area contributed by atoms with Crippen molar-refractivity contribution in [1.82, 2.24) is 15.3 Å². The first-order chi connectivity index (χ1) is 14.0. The van der Waals surface area contributed by atoms with Crippen molar-refractivity contribution in [2.75, 3.05) is 13.2 Å². The predicted molar refractivity (Wildman–Crippen MR) is 115 cm³/mol. The number of hydrogen-bond donors (Lipinski definition) is 2. The highest BCUT2D eigenvalue weighted by Gasteiger charge is 2.24. The van der Waals surface area contributed by atoms with E-state index in [2.05, 4.69) is 40.1 Å². The van der Waals surface area contributed by atoms with Crippen LogP contribution in [0.4, 0.5) is 0 Å². The van der Waals surface area contributed by atoms with E-state index >= 15 is 0 Å². The lowest BCUT2D eigenvalue weighted by molar-refractivity contribution is -0.121. The van der Waals surface area contributed by atoms with E-state index in [4.69, 9.17) is 14.5 Å². The zero-order valence-electron chi connectivity index (χ0n) is 16.5. The molecule has 3 aromatic rings. The smallest absolute Gasteiger partial charge is 0.225 e. The number of para-hydroxylation sites is 2.